The molecule has 0 amide bonds. The highest BCUT2D eigenvalue weighted by atomic mass is 16.5. The second-order valence-corrected chi connectivity index (χ2v) is 5.98. The Kier molecular flexibility index (Phi) is 4.88. The fourth-order valence-corrected chi connectivity index (χ4v) is 3.51. The van der Waals surface area contributed by atoms with Crippen LogP contribution in [0.1, 0.15) is 32.3 Å². The van der Waals surface area contributed by atoms with Crippen LogP contribution in [0, 0.1) is 5.92 Å². The minimum atomic E-state index is -0.758. The van der Waals surface area contributed by atoms with E-state index in [1.807, 2.05) is 19.1 Å². The van der Waals surface area contributed by atoms with Crippen LogP contribution in [0.15, 0.2) is 24.3 Å². The number of carbonyl (C=O) groups is 1. The maximum absolute atomic E-state index is 12.8. The monoisotopic (exact) mass is 291 g/mol. The van der Waals surface area contributed by atoms with Crippen molar-refractivity contribution in [3.63, 3.8) is 0 Å². The average Bonchev–Trinajstić information content (AvgIpc) is 2.59. The Morgan fingerprint density at radius 3 is 2.86 bits per heavy atom. The number of carbonyl (C=O) groups excluding carboxylic acids is 1. The summed E-state index contributed by atoms with van der Waals surface area (Å²) >= 11 is 0. The van der Waals surface area contributed by atoms with Gasteiger partial charge in [0, 0.05) is 12.1 Å². The third kappa shape index (κ3) is 2.91. The van der Waals surface area contributed by atoms with Gasteiger partial charge in [0.05, 0.1) is 6.61 Å². The van der Waals surface area contributed by atoms with Crippen molar-refractivity contribution in [1.82, 2.24) is 4.90 Å². The van der Waals surface area contributed by atoms with Crippen LogP contribution in [0.3, 0.4) is 0 Å². The summed E-state index contributed by atoms with van der Waals surface area (Å²) in [6.07, 6.45) is 1.61. The molecule has 1 aliphatic rings. The minimum Gasteiger partial charge on any atom is -0.508 e. The Morgan fingerprint density at radius 2 is 2.19 bits per heavy atom. The van der Waals surface area contributed by atoms with Crippen molar-refractivity contribution in [3.8, 4) is 5.75 Å². The summed E-state index contributed by atoms with van der Waals surface area (Å²) in [6.45, 7) is 6.03. The van der Waals surface area contributed by atoms with Gasteiger partial charge in [-0.25, -0.2) is 0 Å². The molecule has 0 spiro atoms. The van der Waals surface area contributed by atoms with E-state index in [2.05, 4.69) is 18.9 Å². The molecular weight excluding hydrogens is 266 g/mol. The van der Waals surface area contributed by atoms with Crippen molar-refractivity contribution in [2.24, 2.45) is 5.92 Å². The summed E-state index contributed by atoms with van der Waals surface area (Å²) in [5.41, 5.74) is -0.0576. The SMILES string of the molecule is CCOC(=O)C1(c2ccccc2O)CCCN(C)CC1C. The molecule has 2 unspecified atom stereocenters. The van der Waals surface area contributed by atoms with Crippen molar-refractivity contribution in [2.45, 2.75) is 32.1 Å². The number of hydrogen-bond donors (Lipinski definition) is 1. The van der Waals surface area contributed by atoms with Crippen LogP contribution in [0.25, 0.3) is 0 Å². The summed E-state index contributed by atoms with van der Waals surface area (Å²) in [7, 11) is 2.07. The molecule has 0 bridgehead atoms. The molecular formula is C17H25NO3. The van der Waals surface area contributed by atoms with E-state index in [1.165, 1.54) is 0 Å². The predicted molar refractivity (Wildman–Crippen MR) is 82.3 cm³/mol. The van der Waals surface area contributed by atoms with Crippen LogP contribution in [-0.4, -0.2) is 42.7 Å². The molecule has 0 radical (unpaired) electrons. The molecule has 2 atom stereocenters. The Balaban J connectivity index is 2.53. The smallest absolute Gasteiger partial charge is 0.317 e. The fourth-order valence-electron chi connectivity index (χ4n) is 3.51. The van der Waals surface area contributed by atoms with E-state index < -0.39 is 5.41 Å². The van der Waals surface area contributed by atoms with Crippen molar-refractivity contribution in [3.05, 3.63) is 29.8 Å². The van der Waals surface area contributed by atoms with Crippen molar-refractivity contribution < 1.29 is 14.6 Å². The zero-order valence-corrected chi connectivity index (χ0v) is 13.1. The van der Waals surface area contributed by atoms with E-state index in [0.717, 1.165) is 19.5 Å². The molecule has 116 valence electrons. The molecule has 1 N–H and O–H groups in total. The Bertz CT molecular complexity index is 503. The number of ether oxygens (including phenoxy) is 1. The van der Waals surface area contributed by atoms with E-state index in [1.54, 1.807) is 12.1 Å². The average molecular weight is 291 g/mol. The molecule has 4 nitrogen and oxygen atoms in total. The molecule has 0 aliphatic carbocycles. The molecule has 1 heterocycles. The number of esters is 1. The first-order chi connectivity index (χ1) is 10.0. The van der Waals surface area contributed by atoms with Gasteiger partial charge in [0.2, 0.25) is 0 Å². The Morgan fingerprint density at radius 1 is 1.48 bits per heavy atom. The quantitative estimate of drug-likeness (QED) is 0.870. The first kappa shape index (κ1) is 15.8. The second kappa shape index (κ2) is 6.48. The number of phenolic OH excluding ortho intramolecular Hbond substituents is 1. The maximum atomic E-state index is 12.8. The van der Waals surface area contributed by atoms with Gasteiger partial charge < -0.3 is 14.7 Å². The molecule has 2 rings (SSSR count). The number of phenols is 1. The number of likely N-dealkylation sites (tertiary alicyclic amines) is 1. The van der Waals surface area contributed by atoms with Crippen molar-refractivity contribution >= 4 is 5.97 Å². The molecule has 0 saturated carbocycles. The lowest BCUT2D eigenvalue weighted by Crippen LogP contribution is -2.45. The zero-order valence-electron chi connectivity index (χ0n) is 13.1. The molecule has 0 aromatic heterocycles. The van der Waals surface area contributed by atoms with E-state index in [4.69, 9.17) is 4.74 Å². The molecule has 21 heavy (non-hydrogen) atoms. The third-order valence-electron chi connectivity index (χ3n) is 4.56. The number of aromatic hydroxyl groups is 1. The van der Waals surface area contributed by atoms with Gasteiger partial charge in [-0.3, -0.25) is 4.79 Å². The highest BCUT2D eigenvalue weighted by molar-refractivity contribution is 5.84. The first-order valence-corrected chi connectivity index (χ1v) is 7.66. The Labute approximate surface area is 126 Å². The highest BCUT2D eigenvalue weighted by Crippen LogP contribution is 2.44. The zero-order chi connectivity index (χ0) is 15.5. The van der Waals surface area contributed by atoms with E-state index in [0.29, 0.717) is 18.6 Å². The maximum Gasteiger partial charge on any atom is 0.317 e. The van der Waals surface area contributed by atoms with E-state index in [9.17, 15) is 9.90 Å². The van der Waals surface area contributed by atoms with E-state index in [-0.39, 0.29) is 17.6 Å². The van der Waals surface area contributed by atoms with Crippen LogP contribution in [0.4, 0.5) is 0 Å². The summed E-state index contributed by atoms with van der Waals surface area (Å²) in [4.78, 5) is 15.0. The van der Waals surface area contributed by atoms with Gasteiger partial charge in [0.25, 0.3) is 0 Å². The number of nitrogens with zero attached hydrogens (tertiary/aromatic N) is 1. The van der Waals surface area contributed by atoms with Crippen LogP contribution in [0.5, 0.6) is 5.75 Å². The number of hydrogen-bond acceptors (Lipinski definition) is 4. The van der Waals surface area contributed by atoms with Gasteiger partial charge in [-0.2, -0.15) is 0 Å². The molecule has 1 aliphatic heterocycles. The number of benzene rings is 1. The molecule has 1 aromatic carbocycles. The lowest BCUT2D eigenvalue weighted by atomic mass is 9.68. The van der Waals surface area contributed by atoms with E-state index >= 15 is 0 Å². The molecule has 1 aromatic rings. The van der Waals surface area contributed by atoms with Gasteiger partial charge in [0.15, 0.2) is 0 Å². The second-order valence-electron chi connectivity index (χ2n) is 5.98. The van der Waals surface area contributed by atoms with Gasteiger partial charge in [-0.15, -0.1) is 0 Å². The lowest BCUT2D eigenvalue weighted by molar-refractivity contribution is -0.153. The predicted octanol–water partition coefficient (Wildman–Crippen LogP) is 2.55. The van der Waals surface area contributed by atoms with Gasteiger partial charge in [0.1, 0.15) is 11.2 Å². The van der Waals surface area contributed by atoms with Crippen LogP contribution in [0.2, 0.25) is 0 Å². The highest BCUT2D eigenvalue weighted by Gasteiger charge is 2.48. The Hall–Kier alpha value is -1.55. The van der Waals surface area contributed by atoms with Gasteiger partial charge in [-0.05, 0) is 45.3 Å². The van der Waals surface area contributed by atoms with Crippen LogP contribution < -0.4 is 0 Å². The standard InChI is InChI=1S/C17H25NO3/c1-4-21-16(20)17(14-8-5-6-9-15(14)19)10-7-11-18(3)12-13(17)2/h5-6,8-9,13,19H,4,7,10-12H2,1-3H3. The molecule has 4 heteroatoms. The minimum absolute atomic E-state index is 0.0809. The van der Waals surface area contributed by atoms with Crippen LogP contribution in [-0.2, 0) is 14.9 Å². The van der Waals surface area contributed by atoms with Gasteiger partial charge >= 0.3 is 5.97 Å². The summed E-state index contributed by atoms with van der Waals surface area (Å²) in [5.74, 6) is 0.0496. The van der Waals surface area contributed by atoms with Crippen molar-refractivity contribution in [2.75, 3.05) is 26.7 Å². The van der Waals surface area contributed by atoms with Crippen molar-refractivity contribution in [1.29, 1.82) is 0 Å². The van der Waals surface area contributed by atoms with Gasteiger partial charge in [-0.1, -0.05) is 25.1 Å². The summed E-state index contributed by atoms with van der Waals surface area (Å²) < 4.78 is 5.39. The molecule has 1 fully saturated rings. The normalized spacial score (nSPS) is 27.1. The number of rotatable bonds is 3. The third-order valence-corrected chi connectivity index (χ3v) is 4.56. The first-order valence-electron chi connectivity index (χ1n) is 7.66. The molecule has 1 saturated heterocycles. The summed E-state index contributed by atoms with van der Waals surface area (Å²) in [5, 5.41) is 10.3. The number of para-hydroxylation sites is 1. The topological polar surface area (TPSA) is 49.8 Å². The lowest BCUT2D eigenvalue weighted by Gasteiger charge is -2.36. The largest absolute Gasteiger partial charge is 0.508 e. The summed E-state index contributed by atoms with van der Waals surface area (Å²) in [6, 6.07) is 7.16. The van der Waals surface area contributed by atoms with Crippen LogP contribution >= 0.6 is 0 Å². The fraction of sp³-hybridized carbons (Fsp3) is 0.588.